The van der Waals surface area contributed by atoms with Gasteiger partial charge in [-0.25, -0.2) is 9.59 Å². The van der Waals surface area contributed by atoms with Gasteiger partial charge in [0.2, 0.25) is 0 Å². The van der Waals surface area contributed by atoms with E-state index in [0.29, 0.717) is 23.6 Å². The van der Waals surface area contributed by atoms with E-state index in [2.05, 4.69) is 5.32 Å². The summed E-state index contributed by atoms with van der Waals surface area (Å²) in [4.78, 5) is 36.5. The normalized spacial score (nSPS) is 15.5. The predicted molar refractivity (Wildman–Crippen MR) is 94.1 cm³/mol. The molecule has 0 saturated carbocycles. The highest BCUT2D eigenvalue weighted by Crippen LogP contribution is 2.27. The summed E-state index contributed by atoms with van der Waals surface area (Å²) in [5, 5.41) is 2.53. The van der Waals surface area contributed by atoms with Gasteiger partial charge < -0.3 is 14.5 Å². The van der Waals surface area contributed by atoms with Crippen molar-refractivity contribution in [1.29, 1.82) is 0 Å². The van der Waals surface area contributed by atoms with E-state index in [1.807, 2.05) is 6.92 Å². The smallest absolute Gasteiger partial charge is 0.337 e. The minimum atomic E-state index is -0.440. The van der Waals surface area contributed by atoms with Crippen LogP contribution in [0, 0.1) is 6.92 Å². The summed E-state index contributed by atoms with van der Waals surface area (Å²) in [7, 11) is 1.33. The standard InChI is InChI=1S/C19H18N2O5/c1-4-21-17(22)15(20-19(21)24)10-13-6-8-16(26-13)14-7-5-12(9-11(14)2)18(23)25-3/h5-10H,4H2,1-3H3,(H,20,24)/b15-10+. The number of rotatable bonds is 4. The third-order valence-electron chi connectivity index (χ3n) is 4.10. The lowest BCUT2D eigenvalue weighted by Crippen LogP contribution is -2.30. The van der Waals surface area contributed by atoms with Crippen molar-refractivity contribution in [3.05, 3.63) is 52.9 Å². The van der Waals surface area contributed by atoms with Crippen molar-refractivity contribution >= 4 is 24.0 Å². The van der Waals surface area contributed by atoms with Crippen molar-refractivity contribution < 1.29 is 23.5 Å². The molecule has 0 atom stereocenters. The molecule has 2 heterocycles. The highest BCUT2D eigenvalue weighted by Gasteiger charge is 2.32. The number of nitrogens with one attached hydrogen (secondary N) is 1. The van der Waals surface area contributed by atoms with Gasteiger partial charge in [0.15, 0.2) is 0 Å². The van der Waals surface area contributed by atoms with Gasteiger partial charge in [0.1, 0.15) is 17.2 Å². The summed E-state index contributed by atoms with van der Waals surface area (Å²) in [6.45, 7) is 3.89. The second-order valence-electron chi connectivity index (χ2n) is 5.76. The molecule has 0 unspecified atom stereocenters. The van der Waals surface area contributed by atoms with Crippen LogP contribution in [0.5, 0.6) is 0 Å². The SMILES string of the molecule is CCN1C(=O)N/C(=C/c2ccc(-c3ccc(C(=O)OC)cc3C)o2)C1=O. The van der Waals surface area contributed by atoms with Crippen LogP contribution in [0.3, 0.4) is 0 Å². The van der Waals surface area contributed by atoms with Crippen LogP contribution >= 0.6 is 0 Å². The number of aryl methyl sites for hydroxylation is 1. The van der Waals surface area contributed by atoms with Gasteiger partial charge in [-0.05, 0) is 43.7 Å². The van der Waals surface area contributed by atoms with Crippen LogP contribution < -0.4 is 5.32 Å². The van der Waals surface area contributed by atoms with Crippen molar-refractivity contribution in [3.63, 3.8) is 0 Å². The third-order valence-corrected chi connectivity index (χ3v) is 4.10. The van der Waals surface area contributed by atoms with E-state index in [1.54, 1.807) is 37.3 Å². The Morgan fingerprint density at radius 3 is 2.65 bits per heavy atom. The van der Waals surface area contributed by atoms with Crippen LogP contribution in [0.1, 0.15) is 28.6 Å². The molecule has 0 radical (unpaired) electrons. The first-order chi connectivity index (χ1) is 12.4. The van der Waals surface area contributed by atoms with Crippen LogP contribution in [0.25, 0.3) is 17.4 Å². The van der Waals surface area contributed by atoms with Gasteiger partial charge in [-0.15, -0.1) is 0 Å². The first-order valence-electron chi connectivity index (χ1n) is 8.08. The minimum absolute atomic E-state index is 0.176. The lowest BCUT2D eigenvalue weighted by Gasteiger charge is -2.06. The number of esters is 1. The molecule has 1 aromatic heterocycles. The summed E-state index contributed by atoms with van der Waals surface area (Å²) in [5.74, 6) is 0.252. The number of methoxy groups -OCH3 is 1. The Kier molecular flexibility index (Phi) is 4.62. The number of ether oxygens (including phenoxy) is 1. The fraction of sp³-hybridized carbons (Fsp3) is 0.211. The van der Waals surface area contributed by atoms with E-state index in [4.69, 9.17) is 9.15 Å². The fourth-order valence-corrected chi connectivity index (χ4v) is 2.76. The molecule has 3 rings (SSSR count). The molecule has 1 aliphatic rings. The van der Waals surface area contributed by atoms with Crippen molar-refractivity contribution in [2.45, 2.75) is 13.8 Å². The second kappa shape index (κ2) is 6.87. The molecule has 0 aliphatic carbocycles. The van der Waals surface area contributed by atoms with Gasteiger partial charge >= 0.3 is 12.0 Å². The second-order valence-corrected chi connectivity index (χ2v) is 5.76. The quantitative estimate of drug-likeness (QED) is 0.518. The topological polar surface area (TPSA) is 88.8 Å². The Labute approximate surface area is 150 Å². The van der Waals surface area contributed by atoms with Crippen LogP contribution in [0.15, 0.2) is 40.4 Å². The molecule has 1 N–H and O–H groups in total. The Hall–Kier alpha value is -3.35. The van der Waals surface area contributed by atoms with Crippen LogP contribution in [0.2, 0.25) is 0 Å². The van der Waals surface area contributed by atoms with Crippen molar-refractivity contribution in [1.82, 2.24) is 10.2 Å². The van der Waals surface area contributed by atoms with Gasteiger partial charge in [0.05, 0.1) is 12.7 Å². The van der Waals surface area contributed by atoms with Crippen LogP contribution in [-0.4, -0.2) is 36.5 Å². The third kappa shape index (κ3) is 3.11. The lowest BCUT2D eigenvalue weighted by molar-refractivity contribution is -0.122. The predicted octanol–water partition coefficient (Wildman–Crippen LogP) is 2.95. The number of hydrogen-bond donors (Lipinski definition) is 1. The van der Waals surface area contributed by atoms with E-state index < -0.39 is 12.0 Å². The molecule has 7 heteroatoms. The van der Waals surface area contributed by atoms with Crippen molar-refractivity contribution in [3.8, 4) is 11.3 Å². The molecule has 0 bridgehead atoms. The number of benzene rings is 1. The Morgan fingerprint density at radius 2 is 2.04 bits per heavy atom. The van der Waals surface area contributed by atoms with Crippen LogP contribution in [-0.2, 0) is 9.53 Å². The number of carbonyl (C=O) groups is 3. The van der Waals surface area contributed by atoms with Gasteiger partial charge in [0.25, 0.3) is 5.91 Å². The molecular formula is C19H18N2O5. The molecule has 1 aliphatic heterocycles. The number of amides is 3. The highest BCUT2D eigenvalue weighted by molar-refractivity contribution is 6.13. The number of nitrogens with zero attached hydrogens (tertiary/aromatic N) is 1. The Balaban J connectivity index is 1.87. The van der Waals surface area contributed by atoms with E-state index in [-0.39, 0.29) is 11.6 Å². The lowest BCUT2D eigenvalue weighted by atomic mass is 10.0. The zero-order chi connectivity index (χ0) is 18.8. The monoisotopic (exact) mass is 354 g/mol. The number of urea groups is 1. The summed E-state index contributed by atoms with van der Waals surface area (Å²) in [6.07, 6.45) is 1.50. The van der Waals surface area contributed by atoms with E-state index in [9.17, 15) is 14.4 Å². The number of likely N-dealkylation sites (N-methyl/N-ethyl adjacent to an activating group) is 1. The summed E-state index contributed by atoms with van der Waals surface area (Å²) >= 11 is 0. The number of hydrogen-bond acceptors (Lipinski definition) is 5. The molecule has 0 spiro atoms. The van der Waals surface area contributed by atoms with Crippen molar-refractivity contribution in [2.24, 2.45) is 0 Å². The molecule has 134 valence electrons. The molecule has 26 heavy (non-hydrogen) atoms. The van der Waals surface area contributed by atoms with Gasteiger partial charge in [0, 0.05) is 18.2 Å². The first kappa shape index (κ1) is 17.5. The first-order valence-corrected chi connectivity index (χ1v) is 8.08. The van der Waals surface area contributed by atoms with Crippen LogP contribution in [0.4, 0.5) is 4.79 Å². The number of furan rings is 1. The summed E-state index contributed by atoms with van der Waals surface area (Å²) in [5.41, 5.74) is 2.31. The molecule has 2 aromatic rings. The Bertz CT molecular complexity index is 926. The zero-order valence-electron chi connectivity index (χ0n) is 14.7. The van der Waals surface area contributed by atoms with Gasteiger partial charge in [-0.1, -0.05) is 6.07 Å². The average Bonchev–Trinajstić information content (AvgIpc) is 3.19. The van der Waals surface area contributed by atoms with Gasteiger partial charge in [-0.3, -0.25) is 9.69 Å². The van der Waals surface area contributed by atoms with E-state index in [1.165, 1.54) is 13.2 Å². The molecule has 3 amide bonds. The fourth-order valence-electron chi connectivity index (χ4n) is 2.76. The zero-order valence-corrected chi connectivity index (χ0v) is 14.7. The molecule has 1 fully saturated rings. The summed E-state index contributed by atoms with van der Waals surface area (Å²) < 4.78 is 10.5. The molecular weight excluding hydrogens is 336 g/mol. The average molecular weight is 354 g/mol. The maximum absolute atomic E-state index is 12.1. The summed E-state index contributed by atoms with van der Waals surface area (Å²) in [6, 6.07) is 8.20. The van der Waals surface area contributed by atoms with Gasteiger partial charge in [-0.2, -0.15) is 0 Å². The maximum Gasteiger partial charge on any atom is 0.337 e. The number of carbonyl (C=O) groups excluding carboxylic acids is 3. The molecule has 1 saturated heterocycles. The van der Waals surface area contributed by atoms with Crippen molar-refractivity contribution in [2.75, 3.05) is 13.7 Å². The molecule has 1 aromatic carbocycles. The van der Waals surface area contributed by atoms with E-state index >= 15 is 0 Å². The maximum atomic E-state index is 12.1. The highest BCUT2D eigenvalue weighted by atomic mass is 16.5. The largest absolute Gasteiger partial charge is 0.465 e. The Morgan fingerprint density at radius 1 is 1.27 bits per heavy atom. The minimum Gasteiger partial charge on any atom is -0.465 e. The van der Waals surface area contributed by atoms with E-state index in [0.717, 1.165) is 16.0 Å². The molecule has 7 nitrogen and oxygen atoms in total. The number of imide groups is 1.